The summed E-state index contributed by atoms with van der Waals surface area (Å²) in [6.07, 6.45) is 11.1. The van der Waals surface area contributed by atoms with Gasteiger partial charge in [0.15, 0.2) is 12.4 Å². The van der Waals surface area contributed by atoms with E-state index in [1.807, 2.05) is 12.1 Å². The number of ketones is 1. The van der Waals surface area contributed by atoms with E-state index in [4.69, 9.17) is 4.74 Å². The molecule has 6 rings (SSSR count). The number of carbonyl (C=O) groups is 2. The van der Waals surface area contributed by atoms with Crippen LogP contribution in [0.2, 0.25) is 0 Å². The van der Waals surface area contributed by atoms with Gasteiger partial charge in [0.1, 0.15) is 0 Å². The number of hydrogen-bond donors (Lipinski definition) is 0. The van der Waals surface area contributed by atoms with Gasteiger partial charge in [0, 0.05) is 48.3 Å². The standard InChI is InChI=1S/C27H24N2O5/c30-25(16-7-9-20(10-8-16)29(32)33)15-34-27(31)19-11-23-21-5-1-3-17(21)13-28-14-18-4-2-6-22(18)24(12-19)26(23)28/h1-2,5-12,17-18,21-22H,3-4,13-15H2/t17-,18-,21-,22+/m0/s1. The van der Waals surface area contributed by atoms with Crippen molar-refractivity contribution in [3.05, 3.63) is 93.1 Å². The van der Waals surface area contributed by atoms with Crippen molar-refractivity contribution >= 4 is 23.1 Å². The van der Waals surface area contributed by atoms with Gasteiger partial charge < -0.3 is 9.64 Å². The van der Waals surface area contributed by atoms with E-state index >= 15 is 0 Å². The Morgan fingerprint density at radius 2 is 1.53 bits per heavy atom. The van der Waals surface area contributed by atoms with Gasteiger partial charge >= 0.3 is 5.97 Å². The fourth-order valence-corrected chi connectivity index (χ4v) is 6.06. The highest BCUT2D eigenvalue weighted by Crippen LogP contribution is 2.53. The fraction of sp³-hybridized carbons (Fsp3) is 0.333. The highest BCUT2D eigenvalue weighted by atomic mass is 16.6. The van der Waals surface area contributed by atoms with Crippen LogP contribution in [0.25, 0.3) is 0 Å². The van der Waals surface area contributed by atoms with Crippen LogP contribution in [-0.2, 0) is 4.74 Å². The van der Waals surface area contributed by atoms with Crippen molar-refractivity contribution in [2.24, 2.45) is 11.8 Å². The first-order valence-electron chi connectivity index (χ1n) is 11.7. The summed E-state index contributed by atoms with van der Waals surface area (Å²) < 4.78 is 5.41. The number of nitro benzene ring substituents is 1. The highest BCUT2D eigenvalue weighted by molar-refractivity contribution is 5.99. The molecule has 2 aromatic rings. The maximum Gasteiger partial charge on any atom is 0.338 e. The second-order valence-electron chi connectivity index (χ2n) is 9.61. The molecule has 7 nitrogen and oxygen atoms in total. The molecule has 172 valence electrons. The van der Waals surface area contributed by atoms with Crippen LogP contribution in [0.5, 0.6) is 0 Å². The highest BCUT2D eigenvalue weighted by Gasteiger charge is 2.42. The molecule has 0 aromatic heterocycles. The zero-order chi connectivity index (χ0) is 23.4. The summed E-state index contributed by atoms with van der Waals surface area (Å²) in [5.41, 5.74) is 4.31. The predicted molar refractivity (Wildman–Crippen MR) is 126 cm³/mol. The van der Waals surface area contributed by atoms with Gasteiger partial charge in [-0.25, -0.2) is 4.79 Å². The van der Waals surface area contributed by atoms with Crippen molar-refractivity contribution in [3.8, 4) is 0 Å². The quantitative estimate of drug-likeness (QED) is 0.211. The average Bonchev–Trinajstić information content (AvgIpc) is 3.52. The normalized spacial score (nSPS) is 25.5. The molecule has 2 heterocycles. The Morgan fingerprint density at radius 3 is 2.09 bits per heavy atom. The minimum absolute atomic E-state index is 0.0934. The van der Waals surface area contributed by atoms with E-state index in [1.165, 1.54) is 41.1 Å². The molecule has 0 fully saturated rings. The Morgan fingerprint density at radius 1 is 0.941 bits per heavy atom. The first-order valence-corrected chi connectivity index (χ1v) is 11.7. The number of Topliss-reactive ketones (excluding diaryl/α,β-unsaturated/α-hetero) is 1. The summed E-state index contributed by atoms with van der Waals surface area (Å²) >= 11 is 0. The smallest absolute Gasteiger partial charge is 0.338 e. The van der Waals surface area contributed by atoms with Crippen molar-refractivity contribution in [2.45, 2.75) is 24.7 Å². The zero-order valence-electron chi connectivity index (χ0n) is 18.6. The minimum atomic E-state index is -0.522. The van der Waals surface area contributed by atoms with Gasteiger partial charge in [0.2, 0.25) is 0 Å². The Hall–Kier alpha value is -3.74. The molecule has 0 spiro atoms. The lowest BCUT2D eigenvalue weighted by Gasteiger charge is -2.46. The van der Waals surface area contributed by atoms with E-state index in [9.17, 15) is 19.7 Å². The minimum Gasteiger partial charge on any atom is -0.454 e. The Balaban J connectivity index is 1.27. The van der Waals surface area contributed by atoms with Crippen molar-refractivity contribution in [1.82, 2.24) is 0 Å². The number of anilines is 1. The van der Waals surface area contributed by atoms with Crippen LogP contribution in [0.1, 0.15) is 56.5 Å². The Kier molecular flexibility index (Phi) is 4.86. The Bertz CT molecular complexity index is 1210. The zero-order valence-corrected chi connectivity index (χ0v) is 18.6. The van der Waals surface area contributed by atoms with Crippen LogP contribution in [0, 0.1) is 22.0 Å². The van der Waals surface area contributed by atoms with Gasteiger partial charge in [-0.1, -0.05) is 24.3 Å². The van der Waals surface area contributed by atoms with Gasteiger partial charge in [-0.15, -0.1) is 0 Å². The number of nitrogens with zero attached hydrogens (tertiary/aromatic N) is 2. The van der Waals surface area contributed by atoms with Crippen molar-refractivity contribution in [3.63, 3.8) is 0 Å². The summed E-state index contributed by atoms with van der Waals surface area (Å²) in [7, 11) is 0. The van der Waals surface area contributed by atoms with Gasteiger partial charge in [0.05, 0.1) is 10.5 Å². The summed E-state index contributed by atoms with van der Waals surface area (Å²) in [5.74, 6) is 0.755. The topological polar surface area (TPSA) is 89.8 Å². The molecular formula is C27H24N2O5. The number of ether oxygens (including phenoxy) is 1. The van der Waals surface area contributed by atoms with Gasteiger partial charge in [-0.3, -0.25) is 14.9 Å². The van der Waals surface area contributed by atoms with E-state index in [0.717, 1.165) is 25.9 Å². The first kappa shape index (κ1) is 20.8. The summed E-state index contributed by atoms with van der Waals surface area (Å²) in [4.78, 5) is 38.3. The molecule has 34 heavy (non-hydrogen) atoms. The van der Waals surface area contributed by atoms with Crippen molar-refractivity contribution in [1.29, 1.82) is 0 Å². The molecule has 2 aliphatic heterocycles. The number of carbonyl (C=O) groups excluding carboxylic acids is 2. The number of nitro groups is 1. The van der Waals surface area contributed by atoms with Crippen molar-refractivity contribution in [2.75, 3.05) is 24.6 Å². The predicted octanol–water partition coefficient (Wildman–Crippen LogP) is 4.79. The number of non-ortho nitro benzene ring substituents is 1. The van der Waals surface area contributed by atoms with Crippen LogP contribution in [0.4, 0.5) is 11.4 Å². The van der Waals surface area contributed by atoms with E-state index in [2.05, 4.69) is 29.2 Å². The second kappa shape index (κ2) is 7.94. The van der Waals surface area contributed by atoms with Crippen LogP contribution in [0.15, 0.2) is 60.7 Å². The van der Waals surface area contributed by atoms with E-state index in [-0.39, 0.29) is 11.3 Å². The van der Waals surface area contributed by atoms with Crippen LogP contribution < -0.4 is 4.90 Å². The molecule has 2 aliphatic carbocycles. The van der Waals surface area contributed by atoms with Crippen molar-refractivity contribution < 1.29 is 19.2 Å². The number of fused-ring (bicyclic) bond motifs is 4. The number of esters is 1. The lowest BCUT2D eigenvalue weighted by molar-refractivity contribution is -0.384. The molecule has 7 heteroatoms. The van der Waals surface area contributed by atoms with Gasteiger partial charge in [-0.2, -0.15) is 0 Å². The van der Waals surface area contributed by atoms with Gasteiger partial charge in [-0.05, 0) is 60.1 Å². The fourth-order valence-electron chi connectivity index (χ4n) is 6.06. The lowest BCUT2D eigenvalue weighted by Crippen LogP contribution is -2.43. The average molecular weight is 456 g/mol. The molecule has 0 saturated carbocycles. The third kappa shape index (κ3) is 3.34. The molecule has 0 N–H and O–H groups in total. The maximum absolute atomic E-state index is 13.0. The summed E-state index contributed by atoms with van der Waals surface area (Å²) in [6, 6.07) is 9.21. The SMILES string of the molecule is O=C(COC(=O)c1cc2c3c(c1)[C@@H]1C=CC[C@H]1CN3C[C@@H]1CC=C[C@H]21)c1ccc([N+](=O)[O-])cc1. The summed E-state index contributed by atoms with van der Waals surface area (Å²) in [5, 5.41) is 10.8. The molecular weight excluding hydrogens is 432 g/mol. The number of allylic oxidation sites excluding steroid dienone is 4. The van der Waals surface area contributed by atoms with E-state index in [0.29, 0.717) is 29.2 Å². The molecule has 4 atom stereocenters. The van der Waals surface area contributed by atoms with Crippen LogP contribution in [0.3, 0.4) is 0 Å². The third-order valence-electron chi connectivity index (χ3n) is 7.66. The monoisotopic (exact) mass is 456 g/mol. The molecule has 4 aliphatic rings. The number of hydrogen-bond acceptors (Lipinski definition) is 6. The molecule has 0 amide bonds. The largest absolute Gasteiger partial charge is 0.454 e. The second-order valence-corrected chi connectivity index (χ2v) is 9.61. The maximum atomic E-state index is 13.0. The molecule has 0 bridgehead atoms. The van der Waals surface area contributed by atoms with E-state index in [1.54, 1.807) is 0 Å². The Labute approximate surface area is 196 Å². The van der Waals surface area contributed by atoms with E-state index < -0.39 is 23.3 Å². The molecule has 0 saturated heterocycles. The molecule has 2 aromatic carbocycles. The first-order chi connectivity index (χ1) is 16.5. The van der Waals surface area contributed by atoms with Crippen LogP contribution >= 0.6 is 0 Å². The summed E-state index contributed by atoms with van der Waals surface area (Å²) in [6.45, 7) is 1.69. The lowest BCUT2D eigenvalue weighted by atomic mass is 9.74. The molecule has 0 radical (unpaired) electrons. The van der Waals surface area contributed by atoms with Crippen LogP contribution in [-0.4, -0.2) is 36.4 Å². The number of rotatable bonds is 5. The molecule has 0 unspecified atom stereocenters. The third-order valence-corrected chi connectivity index (χ3v) is 7.66. The van der Waals surface area contributed by atoms with Gasteiger partial charge in [0.25, 0.3) is 5.69 Å². The number of benzene rings is 2.